The van der Waals surface area contributed by atoms with Crippen molar-refractivity contribution in [1.82, 2.24) is 4.98 Å². The van der Waals surface area contributed by atoms with Gasteiger partial charge in [0.05, 0.1) is 17.9 Å². The van der Waals surface area contributed by atoms with E-state index in [1.54, 1.807) is 6.20 Å². The molecule has 0 fully saturated rings. The van der Waals surface area contributed by atoms with Crippen LogP contribution in [-0.2, 0) is 6.61 Å². The van der Waals surface area contributed by atoms with Crippen molar-refractivity contribution in [3.63, 3.8) is 0 Å². The van der Waals surface area contributed by atoms with Gasteiger partial charge in [0.15, 0.2) is 0 Å². The lowest BCUT2D eigenvalue weighted by Gasteiger charge is -2.07. The van der Waals surface area contributed by atoms with Gasteiger partial charge in [-0.25, -0.2) is 0 Å². The molecule has 0 unspecified atom stereocenters. The van der Waals surface area contributed by atoms with Gasteiger partial charge in [-0.2, -0.15) is 0 Å². The number of hydrogen-bond acceptors (Lipinski definition) is 3. The molecule has 0 atom stereocenters. The van der Waals surface area contributed by atoms with Gasteiger partial charge in [-0.3, -0.25) is 4.98 Å². The van der Waals surface area contributed by atoms with E-state index in [0.29, 0.717) is 13.0 Å². The molecule has 0 aliphatic carbocycles. The zero-order valence-corrected chi connectivity index (χ0v) is 10.5. The first-order chi connectivity index (χ1) is 9.40. The van der Waals surface area contributed by atoms with Gasteiger partial charge in [-0.15, -0.1) is 0 Å². The van der Waals surface area contributed by atoms with Crippen molar-refractivity contribution in [1.29, 1.82) is 0 Å². The number of pyridine rings is 1. The second kappa shape index (κ2) is 7.20. The molecule has 0 aliphatic heterocycles. The molecule has 1 aromatic heterocycles. The van der Waals surface area contributed by atoms with Crippen molar-refractivity contribution in [2.75, 3.05) is 6.61 Å². The van der Waals surface area contributed by atoms with E-state index in [4.69, 9.17) is 9.84 Å². The fourth-order valence-electron chi connectivity index (χ4n) is 1.54. The molecule has 3 nitrogen and oxygen atoms in total. The van der Waals surface area contributed by atoms with E-state index in [1.165, 1.54) is 0 Å². The molecular weight excluding hydrogens is 238 g/mol. The van der Waals surface area contributed by atoms with Crippen LogP contribution in [0.15, 0.2) is 48.7 Å². The monoisotopic (exact) mass is 253 g/mol. The third-order valence-corrected chi connectivity index (χ3v) is 2.45. The van der Waals surface area contributed by atoms with E-state index in [0.717, 1.165) is 17.0 Å². The maximum Gasteiger partial charge on any atom is 0.135 e. The number of ether oxygens (including phenoxy) is 1. The van der Waals surface area contributed by atoms with E-state index >= 15 is 0 Å². The summed E-state index contributed by atoms with van der Waals surface area (Å²) in [6.07, 6.45) is 2.21. The highest BCUT2D eigenvalue weighted by molar-refractivity contribution is 5.45. The number of hydrogen-bond donors (Lipinski definition) is 1. The quantitative estimate of drug-likeness (QED) is 0.851. The second-order valence-electron chi connectivity index (χ2n) is 3.88. The largest absolute Gasteiger partial charge is 0.486 e. The average Bonchev–Trinajstić information content (AvgIpc) is 2.48. The summed E-state index contributed by atoms with van der Waals surface area (Å²) < 4.78 is 5.73. The Morgan fingerprint density at radius 2 is 1.95 bits per heavy atom. The zero-order chi connectivity index (χ0) is 13.3. The average molecular weight is 253 g/mol. The minimum Gasteiger partial charge on any atom is -0.486 e. The summed E-state index contributed by atoms with van der Waals surface area (Å²) in [4.78, 5) is 4.20. The van der Waals surface area contributed by atoms with Crippen molar-refractivity contribution in [3.05, 3.63) is 59.9 Å². The SMILES string of the molecule is OCCC#Cc1ccccc1OCc1ccccn1. The van der Waals surface area contributed by atoms with E-state index in [-0.39, 0.29) is 6.61 Å². The first-order valence-electron chi connectivity index (χ1n) is 6.11. The normalized spacial score (nSPS) is 9.53. The molecule has 1 heterocycles. The van der Waals surface area contributed by atoms with Crippen LogP contribution in [0.3, 0.4) is 0 Å². The van der Waals surface area contributed by atoms with E-state index in [1.807, 2.05) is 42.5 Å². The van der Waals surface area contributed by atoms with E-state index in [2.05, 4.69) is 16.8 Å². The Morgan fingerprint density at radius 3 is 2.74 bits per heavy atom. The molecule has 0 saturated carbocycles. The summed E-state index contributed by atoms with van der Waals surface area (Å²) in [5, 5.41) is 8.72. The lowest BCUT2D eigenvalue weighted by Crippen LogP contribution is -1.98. The molecule has 0 saturated heterocycles. The molecule has 0 bridgehead atoms. The van der Waals surface area contributed by atoms with Gasteiger partial charge in [-0.05, 0) is 24.3 Å². The van der Waals surface area contributed by atoms with Crippen molar-refractivity contribution in [2.45, 2.75) is 13.0 Å². The fraction of sp³-hybridized carbons (Fsp3) is 0.188. The third-order valence-electron chi connectivity index (χ3n) is 2.45. The number of rotatable bonds is 4. The van der Waals surface area contributed by atoms with Gasteiger partial charge in [0.2, 0.25) is 0 Å². The predicted molar refractivity (Wildman–Crippen MR) is 73.6 cm³/mol. The van der Waals surface area contributed by atoms with Gasteiger partial charge in [0.25, 0.3) is 0 Å². The minimum atomic E-state index is 0.0734. The van der Waals surface area contributed by atoms with Crippen molar-refractivity contribution >= 4 is 0 Å². The molecule has 2 rings (SSSR count). The highest BCUT2D eigenvalue weighted by Gasteiger charge is 2.01. The van der Waals surface area contributed by atoms with Gasteiger partial charge >= 0.3 is 0 Å². The Labute approximate surface area is 112 Å². The number of para-hydroxylation sites is 1. The van der Waals surface area contributed by atoms with Crippen LogP contribution < -0.4 is 4.74 Å². The summed E-state index contributed by atoms with van der Waals surface area (Å²) in [6.45, 7) is 0.490. The van der Waals surface area contributed by atoms with Gasteiger partial charge in [0, 0.05) is 12.6 Å². The van der Waals surface area contributed by atoms with E-state index in [9.17, 15) is 0 Å². The first kappa shape index (κ1) is 13.1. The smallest absolute Gasteiger partial charge is 0.135 e. The van der Waals surface area contributed by atoms with Crippen LogP contribution in [0.4, 0.5) is 0 Å². The van der Waals surface area contributed by atoms with E-state index < -0.39 is 0 Å². The topological polar surface area (TPSA) is 42.4 Å². The standard InChI is InChI=1S/C16H15NO2/c18-12-6-4-8-14-7-1-2-10-16(14)19-13-15-9-3-5-11-17-15/h1-3,5,7,9-11,18H,6,12-13H2. The maximum absolute atomic E-state index is 8.72. The number of aromatic nitrogens is 1. The molecular formula is C16H15NO2. The molecule has 3 heteroatoms. The third kappa shape index (κ3) is 4.13. The van der Waals surface area contributed by atoms with Crippen molar-refractivity contribution < 1.29 is 9.84 Å². The Morgan fingerprint density at radius 1 is 1.11 bits per heavy atom. The first-order valence-corrected chi connectivity index (χ1v) is 6.11. The Balaban J connectivity index is 2.06. The number of aliphatic hydroxyl groups is 1. The number of nitrogens with zero attached hydrogens (tertiary/aromatic N) is 1. The zero-order valence-electron chi connectivity index (χ0n) is 10.5. The fourth-order valence-corrected chi connectivity index (χ4v) is 1.54. The molecule has 1 N–H and O–H groups in total. The molecule has 2 aromatic rings. The summed E-state index contributed by atoms with van der Waals surface area (Å²) in [6, 6.07) is 13.3. The Hall–Kier alpha value is -2.31. The van der Waals surface area contributed by atoms with Crippen LogP contribution in [0.2, 0.25) is 0 Å². The van der Waals surface area contributed by atoms with Crippen LogP contribution in [0.1, 0.15) is 17.7 Å². The van der Waals surface area contributed by atoms with Crippen molar-refractivity contribution in [2.24, 2.45) is 0 Å². The predicted octanol–water partition coefficient (Wildman–Crippen LogP) is 2.39. The van der Waals surface area contributed by atoms with Crippen LogP contribution in [-0.4, -0.2) is 16.7 Å². The Kier molecular flexibility index (Phi) is 4.97. The van der Waals surface area contributed by atoms with Crippen molar-refractivity contribution in [3.8, 4) is 17.6 Å². The Bertz CT molecular complexity index is 570. The van der Waals surface area contributed by atoms with Gasteiger partial charge in [0.1, 0.15) is 12.4 Å². The van der Waals surface area contributed by atoms with Crippen LogP contribution >= 0.6 is 0 Å². The minimum absolute atomic E-state index is 0.0734. The van der Waals surface area contributed by atoms with Crippen LogP contribution in [0, 0.1) is 11.8 Å². The number of aliphatic hydroxyl groups excluding tert-OH is 1. The molecule has 0 amide bonds. The second-order valence-corrected chi connectivity index (χ2v) is 3.88. The lowest BCUT2D eigenvalue weighted by molar-refractivity contribution is 0.300. The summed E-state index contributed by atoms with van der Waals surface area (Å²) in [5.74, 6) is 6.62. The molecule has 96 valence electrons. The van der Waals surface area contributed by atoms with Gasteiger partial charge < -0.3 is 9.84 Å². The molecule has 0 radical (unpaired) electrons. The highest BCUT2D eigenvalue weighted by atomic mass is 16.5. The molecule has 0 aliphatic rings. The summed E-state index contributed by atoms with van der Waals surface area (Å²) in [5.41, 5.74) is 1.70. The lowest BCUT2D eigenvalue weighted by atomic mass is 10.2. The maximum atomic E-state index is 8.72. The number of benzene rings is 1. The molecule has 0 spiro atoms. The van der Waals surface area contributed by atoms with Crippen LogP contribution in [0.5, 0.6) is 5.75 Å². The van der Waals surface area contributed by atoms with Crippen LogP contribution in [0.25, 0.3) is 0 Å². The summed E-state index contributed by atoms with van der Waals surface area (Å²) >= 11 is 0. The highest BCUT2D eigenvalue weighted by Crippen LogP contribution is 2.17. The molecule has 19 heavy (non-hydrogen) atoms. The summed E-state index contributed by atoms with van der Waals surface area (Å²) in [7, 11) is 0. The van der Waals surface area contributed by atoms with Gasteiger partial charge in [-0.1, -0.05) is 30.0 Å². The molecule has 1 aromatic carbocycles.